The molecule has 8 heteroatoms. The van der Waals surface area contributed by atoms with E-state index in [1.165, 1.54) is 0 Å². The molecule has 0 atom stereocenters. The van der Waals surface area contributed by atoms with Gasteiger partial charge in [0, 0.05) is 41.8 Å². The number of carbonyl (C=O) groups is 1. The first-order chi connectivity index (χ1) is 14.7. The van der Waals surface area contributed by atoms with Crippen molar-refractivity contribution in [3.63, 3.8) is 0 Å². The minimum absolute atomic E-state index is 0.193. The van der Waals surface area contributed by atoms with E-state index in [1.54, 1.807) is 35.5 Å². The van der Waals surface area contributed by atoms with Crippen LogP contribution in [0.5, 0.6) is 0 Å². The molecule has 1 amide bonds. The molecule has 0 aliphatic carbocycles. The Morgan fingerprint density at radius 1 is 1.07 bits per heavy atom. The van der Waals surface area contributed by atoms with Crippen LogP contribution in [0.15, 0.2) is 73.3 Å². The van der Waals surface area contributed by atoms with E-state index in [4.69, 9.17) is 0 Å². The first-order valence-electron chi connectivity index (χ1n) is 9.33. The highest BCUT2D eigenvalue weighted by atomic mass is 16.1. The molecule has 0 saturated heterocycles. The van der Waals surface area contributed by atoms with Crippen LogP contribution in [0.4, 0.5) is 5.69 Å². The van der Waals surface area contributed by atoms with Crippen LogP contribution in [0, 0.1) is 0 Å². The number of carbonyl (C=O) groups excluding carboxylic acids is 1. The Bertz CT molecular complexity index is 1340. The van der Waals surface area contributed by atoms with Gasteiger partial charge in [0.15, 0.2) is 5.82 Å². The number of hydrogen-bond acceptors (Lipinski definition) is 5. The third-order valence-corrected chi connectivity index (χ3v) is 4.68. The fourth-order valence-electron chi connectivity index (χ4n) is 3.17. The number of amides is 1. The Balaban J connectivity index is 1.35. The van der Waals surface area contributed by atoms with Gasteiger partial charge in [-0.3, -0.25) is 14.5 Å². The second-order valence-electron chi connectivity index (χ2n) is 6.83. The molecular weight excluding hydrogens is 378 g/mol. The predicted octanol–water partition coefficient (Wildman–Crippen LogP) is 3.67. The molecule has 0 saturated carbocycles. The van der Waals surface area contributed by atoms with E-state index in [-0.39, 0.29) is 5.91 Å². The van der Waals surface area contributed by atoms with E-state index in [9.17, 15) is 4.79 Å². The van der Waals surface area contributed by atoms with E-state index in [0.717, 1.165) is 28.0 Å². The quantitative estimate of drug-likeness (QED) is 0.483. The fraction of sp³-hybridized carbons (Fsp3) is 0.0455. The van der Waals surface area contributed by atoms with Gasteiger partial charge in [0.1, 0.15) is 12.2 Å². The van der Waals surface area contributed by atoms with Crippen molar-refractivity contribution in [2.45, 2.75) is 0 Å². The summed E-state index contributed by atoms with van der Waals surface area (Å²) in [4.78, 5) is 28.8. The summed E-state index contributed by atoms with van der Waals surface area (Å²) in [5, 5.41) is 7.20. The third kappa shape index (κ3) is 3.42. The Morgan fingerprint density at radius 3 is 2.67 bits per heavy atom. The molecular formula is C22H17N7O. The van der Waals surface area contributed by atoms with Gasteiger partial charge < -0.3 is 10.3 Å². The largest absolute Gasteiger partial charge is 0.338 e. The van der Waals surface area contributed by atoms with Gasteiger partial charge in [-0.25, -0.2) is 9.97 Å². The third-order valence-electron chi connectivity index (χ3n) is 4.68. The van der Waals surface area contributed by atoms with Gasteiger partial charge in [0.25, 0.3) is 5.91 Å². The number of aromatic amines is 1. The molecule has 30 heavy (non-hydrogen) atoms. The first kappa shape index (κ1) is 17.7. The zero-order valence-electron chi connectivity index (χ0n) is 16.1. The summed E-state index contributed by atoms with van der Waals surface area (Å²) >= 11 is 0. The maximum absolute atomic E-state index is 12.6. The van der Waals surface area contributed by atoms with E-state index in [1.807, 2.05) is 49.5 Å². The van der Waals surface area contributed by atoms with E-state index in [0.29, 0.717) is 17.1 Å². The van der Waals surface area contributed by atoms with Crippen LogP contribution >= 0.6 is 0 Å². The summed E-state index contributed by atoms with van der Waals surface area (Å²) in [5.74, 6) is 1.17. The van der Waals surface area contributed by atoms with Crippen molar-refractivity contribution in [2.24, 2.45) is 7.05 Å². The van der Waals surface area contributed by atoms with Crippen molar-refractivity contribution in [1.82, 2.24) is 29.7 Å². The number of H-pyrrole nitrogens is 1. The molecule has 0 spiro atoms. The van der Waals surface area contributed by atoms with Gasteiger partial charge in [-0.15, -0.1) is 0 Å². The van der Waals surface area contributed by atoms with Gasteiger partial charge >= 0.3 is 0 Å². The molecule has 0 radical (unpaired) electrons. The number of nitrogens with one attached hydrogen (secondary N) is 2. The highest BCUT2D eigenvalue weighted by Crippen LogP contribution is 2.23. The Morgan fingerprint density at radius 2 is 1.93 bits per heavy atom. The monoisotopic (exact) mass is 395 g/mol. The minimum atomic E-state index is -0.193. The number of pyridine rings is 1. The second kappa shape index (κ2) is 7.25. The summed E-state index contributed by atoms with van der Waals surface area (Å²) in [5.41, 5.74) is 4.65. The lowest BCUT2D eigenvalue weighted by Crippen LogP contribution is -2.11. The molecule has 0 aliphatic heterocycles. The predicted molar refractivity (Wildman–Crippen MR) is 114 cm³/mol. The average Bonchev–Trinajstić information content (AvgIpc) is 3.40. The molecule has 0 aliphatic rings. The molecule has 8 nitrogen and oxygen atoms in total. The van der Waals surface area contributed by atoms with Crippen molar-refractivity contribution < 1.29 is 4.79 Å². The second-order valence-corrected chi connectivity index (χ2v) is 6.83. The molecule has 0 bridgehead atoms. The SMILES string of the molecule is Cn1cnc(-c2ccc(C(=O)Nc3ccc4nc(-c5cccnc5)[nH]c4c3)cc2)n1. The lowest BCUT2D eigenvalue weighted by Gasteiger charge is -2.06. The molecule has 3 aromatic heterocycles. The Labute approximate surface area is 171 Å². The maximum atomic E-state index is 12.6. The van der Waals surface area contributed by atoms with Crippen LogP contribution in [-0.2, 0) is 7.05 Å². The normalized spacial score (nSPS) is 11.0. The van der Waals surface area contributed by atoms with Gasteiger partial charge in [-0.05, 0) is 42.5 Å². The molecule has 0 unspecified atom stereocenters. The molecule has 3 heterocycles. The Hall–Kier alpha value is -4.33. The number of aryl methyl sites for hydroxylation is 1. The van der Waals surface area contributed by atoms with Crippen molar-refractivity contribution in [3.8, 4) is 22.8 Å². The van der Waals surface area contributed by atoms with Crippen molar-refractivity contribution in [2.75, 3.05) is 5.32 Å². The first-order valence-corrected chi connectivity index (χ1v) is 9.33. The topological polar surface area (TPSA) is 101 Å². The molecule has 0 fully saturated rings. The van der Waals surface area contributed by atoms with Gasteiger partial charge in [0.05, 0.1) is 11.0 Å². The molecule has 5 aromatic rings. The van der Waals surface area contributed by atoms with Crippen molar-refractivity contribution >= 4 is 22.6 Å². The summed E-state index contributed by atoms with van der Waals surface area (Å²) < 4.78 is 1.64. The molecule has 146 valence electrons. The van der Waals surface area contributed by atoms with Crippen LogP contribution in [0.3, 0.4) is 0 Å². The number of imidazole rings is 1. The highest BCUT2D eigenvalue weighted by molar-refractivity contribution is 6.05. The number of fused-ring (bicyclic) bond motifs is 1. The van der Waals surface area contributed by atoms with Crippen LogP contribution < -0.4 is 5.32 Å². The number of benzene rings is 2. The zero-order valence-corrected chi connectivity index (χ0v) is 16.1. The molecule has 5 rings (SSSR count). The number of hydrogen-bond donors (Lipinski definition) is 2. The van der Waals surface area contributed by atoms with Crippen LogP contribution in [0.1, 0.15) is 10.4 Å². The summed E-state index contributed by atoms with van der Waals surface area (Å²) in [6.45, 7) is 0. The van der Waals surface area contributed by atoms with Gasteiger partial charge in [-0.2, -0.15) is 5.10 Å². The van der Waals surface area contributed by atoms with E-state index >= 15 is 0 Å². The lowest BCUT2D eigenvalue weighted by molar-refractivity contribution is 0.102. The number of nitrogens with zero attached hydrogens (tertiary/aromatic N) is 5. The summed E-state index contributed by atoms with van der Waals surface area (Å²) in [6, 6.07) is 16.6. The molecule has 2 N–H and O–H groups in total. The Kier molecular flexibility index (Phi) is 4.29. The van der Waals surface area contributed by atoms with E-state index < -0.39 is 0 Å². The number of anilines is 1. The maximum Gasteiger partial charge on any atom is 0.255 e. The lowest BCUT2D eigenvalue weighted by atomic mass is 10.1. The summed E-state index contributed by atoms with van der Waals surface area (Å²) in [7, 11) is 1.81. The van der Waals surface area contributed by atoms with Crippen molar-refractivity contribution in [3.05, 3.63) is 78.9 Å². The van der Waals surface area contributed by atoms with Crippen LogP contribution in [0.2, 0.25) is 0 Å². The van der Waals surface area contributed by atoms with Crippen LogP contribution in [-0.4, -0.2) is 35.6 Å². The van der Waals surface area contributed by atoms with E-state index in [2.05, 4.69) is 30.4 Å². The fourth-order valence-corrected chi connectivity index (χ4v) is 3.17. The average molecular weight is 395 g/mol. The minimum Gasteiger partial charge on any atom is -0.338 e. The highest BCUT2D eigenvalue weighted by Gasteiger charge is 2.10. The summed E-state index contributed by atoms with van der Waals surface area (Å²) in [6.07, 6.45) is 5.12. The zero-order chi connectivity index (χ0) is 20.5. The van der Waals surface area contributed by atoms with Crippen LogP contribution in [0.25, 0.3) is 33.8 Å². The number of aromatic nitrogens is 6. The standard InChI is InChI=1S/C22H17N7O/c1-29-13-24-20(28-29)14-4-6-15(7-5-14)22(30)25-17-8-9-18-19(11-17)27-21(26-18)16-3-2-10-23-12-16/h2-13H,1H3,(H,25,30)(H,26,27). The van der Waals surface area contributed by atoms with Crippen molar-refractivity contribution in [1.29, 1.82) is 0 Å². The molecule has 2 aromatic carbocycles. The smallest absolute Gasteiger partial charge is 0.255 e. The van der Waals surface area contributed by atoms with Gasteiger partial charge in [0.2, 0.25) is 0 Å². The van der Waals surface area contributed by atoms with Gasteiger partial charge in [-0.1, -0.05) is 12.1 Å². The number of rotatable bonds is 4.